The molecule has 118 valence electrons. The van der Waals surface area contributed by atoms with Crippen molar-refractivity contribution in [3.63, 3.8) is 0 Å². The highest BCUT2D eigenvalue weighted by Crippen LogP contribution is 2.28. The Morgan fingerprint density at radius 3 is 2.86 bits per heavy atom. The first kappa shape index (κ1) is 16.6. The van der Waals surface area contributed by atoms with Crippen LogP contribution in [0.2, 0.25) is 0 Å². The largest absolute Gasteiger partial charge is 0.334 e. The van der Waals surface area contributed by atoms with E-state index in [2.05, 4.69) is 34.2 Å². The second kappa shape index (κ2) is 8.60. The number of carbonyl (C=O) groups is 2. The van der Waals surface area contributed by atoms with E-state index < -0.39 is 6.03 Å². The van der Waals surface area contributed by atoms with Crippen molar-refractivity contribution in [3.8, 4) is 0 Å². The number of hydrogen-bond acceptors (Lipinski definition) is 4. The Morgan fingerprint density at radius 2 is 2.14 bits per heavy atom. The van der Waals surface area contributed by atoms with Crippen molar-refractivity contribution < 1.29 is 9.59 Å². The molecule has 2 N–H and O–H groups in total. The summed E-state index contributed by atoms with van der Waals surface area (Å²) >= 11 is 1.89. The molecule has 2 rings (SSSR count). The third-order valence-electron chi connectivity index (χ3n) is 3.43. The first-order valence-corrected chi connectivity index (χ1v) is 8.41. The average molecular weight is 319 g/mol. The van der Waals surface area contributed by atoms with Crippen LogP contribution in [0.5, 0.6) is 0 Å². The number of urea groups is 1. The standard InChI is InChI=1S/C16H21N3O2S/c1-2-8-17-16(21)18-15(20)11-19-9-10-22-12-14(19)13-6-4-3-5-7-13/h2-7,14H,1,8-12H2,(H2,17,18,20,21)/t14-/m1/s1. The lowest BCUT2D eigenvalue weighted by Gasteiger charge is -2.35. The van der Waals surface area contributed by atoms with Crippen LogP contribution in [0.3, 0.4) is 0 Å². The van der Waals surface area contributed by atoms with Gasteiger partial charge in [-0.1, -0.05) is 36.4 Å². The van der Waals surface area contributed by atoms with Gasteiger partial charge in [-0.05, 0) is 5.56 Å². The van der Waals surface area contributed by atoms with Crippen molar-refractivity contribution in [2.24, 2.45) is 0 Å². The number of benzene rings is 1. The van der Waals surface area contributed by atoms with Gasteiger partial charge in [0.05, 0.1) is 6.54 Å². The van der Waals surface area contributed by atoms with Gasteiger partial charge in [-0.2, -0.15) is 11.8 Å². The predicted molar refractivity (Wildman–Crippen MR) is 89.8 cm³/mol. The molecule has 1 aliphatic heterocycles. The lowest BCUT2D eigenvalue weighted by atomic mass is 10.1. The van der Waals surface area contributed by atoms with E-state index in [1.165, 1.54) is 5.56 Å². The van der Waals surface area contributed by atoms with E-state index in [1.54, 1.807) is 6.08 Å². The number of hydrogen-bond donors (Lipinski definition) is 2. The lowest BCUT2D eigenvalue weighted by Crippen LogP contribution is -2.47. The molecule has 0 aliphatic carbocycles. The molecule has 0 aromatic heterocycles. The molecule has 1 aliphatic rings. The summed E-state index contributed by atoms with van der Waals surface area (Å²) in [5.41, 5.74) is 1.21. The van der Waals surface area contributed by atoms with Crippen LogP contribution in [0, 0.1) is 0 Å². The number of carbonyl (C=O) groups excluding carboxylic acids is 2. The van der Waals surface area contributed by atoms with Crippen molar-refractivity contribution in [2.75, 3.05) is 31.1 Å². The van der Waals surface area contributed by atoms with Crippen molar-refractivity contribution in [3.05, 3.63) is 48.6 Å². The number of rotatable bonds is 5. The summed E-state index contributed by atoms with van der Waals surface area (Å²) in [6.45, 7) is 4.91. The Morgan fingerprint density at radius 1 is 1.36 bits per heavy atom. The Hall–Kier alpha value is -1.79. The Kier molecular flexibility index (Phi) is 6.48. The lowest BCUT2D eigenvalue weighted by molar-refractivity contribution is -0.121. The number of nitrogens with one attached hydrogen (secondary N) is 2. The van der Waals surface area contributed by atoms with Gasteiger partial charge in [0.2, 0.25) is 5.91 Å². The van der Waals surface area contributed by atoms with E-state index >= 15 is 0 Å². The van der Waals surface area contributed by atoms with Crippen molar-refractivity contribution in [2.45, 2.75) is 6.04 Å². The molecule has 1 aromatic rings. The Bertz CT molecular complexity index is 521. The summed E-state index contributed by atoms with van der Waals surface area (Å²) in [6.07, 6.45) is 1.57. The molecule has 6 heteroatoms. The van der Waals surface area contributed by atoms with Crippen LogP contribution in [0.25, 0.3) is 0 Å². The number of nitrogens with zero attached hydrogens (tertiary/aromatic N) is 1. The topological polar surface area (TPSA) is 61.4 Å². The molecule has 5 nitrogen and oxygen atoms in total. The summed E-state index contributed by atoms with van der Waals surface area (Å²) in [6, 6.07) is 9.90. The third kappa shape index (κ3) is 4.89. The van der Waals surface area contributed by atoms with Gasteiger partial charge in [-0.15, -0.1) is 6.58 Å². The number of amides is 3. The fraction of sp³-hybridized carbons (Fsp3) is 0.375. The summed E-state index contributed by atoms with van der Waals surface area (Å²) in [5, 5.41) is 4.88. The van der Waals surface area contributed by atoms with Crippen molar-refractivity contribution in [1.29, 1.82) is 0 Å². The van der Waals surface area contributed by atoms with Gasteiger partial charge in [0.15, 0.2) is 0 Å². The second-order valence-electron chi connectivity index (χ2n) is 5.02. The molecular weight excluding hydrogens is 298 g/mol. The van der Waals surface area contributed by atoms with Gasteiger partial charge >= 0.3 is 6.03 Å². The van der Waals surface area contributed by atoms with E-state index in [0.29, 0.717) is 6.54 Å². The summed E-state index contributed by atoms with van der Waals surface area (Å²) in [4.78, 5) is 25.6. The third-order valence-corrected chi connectivity index (χ3v) is 4.45. The molecule has 3 amide bonds. The SMILES string of the molecule is C=CCNC(=O)NC(=O)CN1CCSC[C@@H]1c1ccccc1. The minimum absolute atomic E-state index is 0.210. The maximum Gasteiger partial charge on any atom is 0.321 e. The van der Waals surface area contributed by atoms with E-state index in [9.17, 15) is 9.59 Å². The first-order valence-electron chi connectivity index (χ1n) is 7.26. The zero-order valence-corrected chi connectivity index (χ0v) is 13.3. The van der Waals surface area contributed by atoms with Crippen LogP contribution in [0.15, 0.2) is 43.0 Å². The highest BCUT2D eigenvalue weighted by Gasteiger charge is 2.26. The van der Waals surface area contributed by atoms with Crippen LogP contribution in [0.1, 0.15) is 11.6 Å². The normalized spacial score (nSPS) is 18.5. The molecule has 0 saturated carbocycles. The molecule has 1 aromatic carbocycles. The van der Waals surface area contributed by atoms with Crippen LogP contribution < -0.4 is 10.6 Å². The van der Waals surface area contributed by atoms with Gasteiger partial charge in [-0.3, -0.25) is 15.0 Å². The summed E-state index contributed by atoms with van der Waals surface area (Å²) < 4.78 is 0. The Balaban J connectivity index is 1.92. The van der Waals surface area contributed by atoms with Crippen LogP contribution in [-0.2, 0) is 4.79 Å². The predicted octanol–water partition coefficient (Wildman–Crippen LogP) is 1.79. The van der Waals surface area contributed by atoms with Crippen LogP contribution in [0.4, 0.5) is 4.79 Å². The fourth-order valence-corrected chi connectivity index (χ4v) is 3.53. The van der Waals surface area contributed by atoms with E-state index in [0.717, 1.165) is 18.1 Å². The minimum Gasteiger partial charge on any atom is -0.334 e. The number of imide groups is 1. The molecule has 0 spiro atoms. The molecule has 1 fully saturated rings. The first-order chi connectivity index (χ1) is 10.7. The molecular formula is C16H21N3O2S. The Labute approximate surface area is 135 Å². The van der Waals surface area contributed by atoms with Gasteiger partial charge < -0.3 is 5.32 Å². The minimum atomic E-state index is -0.479. The molecule has 0 unspecified atom stereocenters. The molecule has 0 radical (unpaired) electrons. The van der Waals surface area contributed by atoms with Gasteiger partial charge in [0.1, 0.15) is 0 Å². The summed E-state index contributed by atoms with van der Waals surface area (Å²) in [7, 11) is 0. The molecule has 1 saturated heterocycles. The molecule has 22 heavy (non-hydrogen) atoms. The van der Waals surface area contributed by atoms with Crippen molar-refractivity contribution in [1.82, 2.24) is 15.5 Å². The zero-order valence-electron chi connectivity index (χ0n) is 12.5. The fourth-order valence-electron chi connectivity index (χ4n) is 2.37. The maximum atomic E-state index is 12.0. The highest BCUT2D eigenvalue weighted by atomic mass is 32.2. The summed E-state index contributed by atoms with van der Waals surface area (Å²) in [5.74, 6) is 1.67. The van der Waals surface area contributed by atoms with Gasteiger partial charge in [-0.25, -0.2) is 4.79 Å². The van der Waals surface area contributed by atoms with Gasteiger partial charge in [0.25, 0.3) is 0 Å². The zero-order chi connectivity index (χ0) is 15.8. The van der Waals surface area contributed by atoms with E-state index in [-0.39, 0.29) is 18.5 Å². The molecule has 1 heterocycles. The van der Waals surface area contributed by atoms with Gasteiger partial charge in [0, 0.05) is 30.6 Å². The van der Waals surface area contributed by atoms with Crippen LogP contribution in [-0.4, -0.2) is 48.0 Å². The van der Waals surface area contributed by atoms with Crippen molar-refractivity contribution >= 4 is 23.7 Å². The monoisotopic (exact) mass is 319 g/mol. The van der Waals surface area contributed by atoms with E-state index in [1.807, 2.05) is 30.0 Å². The second-order valence-corrected chi connectivity index (χ2v) is 6.17. The molecule has 0 bridgehead atoms. The quantitative estimate of drug-likeness (QED) is 0.812. The maximum absolute atomic E-state index is 12.0. The smallest absolute Gasteiger partial charge is 0.321 e. The highest BCUT2D eigenvalue weighted by molar-refractivity contribution is 7.99. The number of thioether (sulfide) groups is 1. The average Bonchev–Trinajstić information content (AvgIpc) is 2.54. The van der Waals surface area contributed by atoms with E-state index in [4.69, 9.17) is 0 Å². The molecule has 1 atom stereocenters. The van der Waals surface area contributed by atoms with Crippen LogP contribution >= 0.6 is 11.8 Å².